The lowest BCUT2D eigenvalue weighted by Gasteiger charge is -2.29. The van der Waals surface area contributed by atoms with Crippen LogP contribution in [0.3, 0.4) is 0 Å². The van der Waals surface area contributed by atoms with Gasteiger partial charge < -0.3 is 37.6 Å². The van der Waals surface area contributed by atoms with Crippen molar-refractivity contribution in [2.75, 3.05) is 45.8 Å². The Balaban J connectivity index is 0. The van der Waals surface area contributed by atoms with Crippen LogP contribution in [0.1, 0.15) is 0 Å². The van der Waals surface area contributed by atoms with Gasteiger partial charge in [-0.05, 0) is 0 Å². The van der Waals surface area contributed by atoms with Crippen molar-refractivity contribution in [1.29, 1.82) is 0 Å². The maximum absolute atomic E-state index is 10.6. The molecule has 0 fully saturated rings. The highest BCUT2D eigenvalue weighted by Gasteiger charge is 2.24. The molecular weight excluding hydrogens is 342 g/mol. The van der Waals surface area contributed by atoms with E-state index in [9.17, 15) is 19.2 Å². The zero-order chi connectivity index (χ0) is 20.0. The van der Waals surface area contributed by atoms with Gasteiger partial charge in [-0.15, -0.1) is 0 Å². The summed E-state index contributed by atoms with van der Waals surface area (Å²) in [4.78, 5) is 44.4. The lowest BCUT2D eigenvalue weighted by Crippen LogP contribution is -2.54. The van der Waals surface area contributed by atoms with Crippen molar-refractivity contribution in [1.82, 2.24) is 9.80 Å². The molecule has 13 nitrogen and oxygen atoms in total. The van der Waals surface area contributed by atoms with E-state index in [1.165, 1.54) is 0 Å². The second kappa shape index (κ2) is 14.1. The van der Waals surface area contributed by atoms with E-state index in [4.69, 9.17) is 37.6 Å². The number of hydrogen-bond acceptors (Lipinski definition) is 9. The molecule has 13 heteroatoms. The first-order valence-electron chi connectivity index (χ1n) is 7.02. The molecule has 0 aromatic rings. The first kappa shape index (κ1) is 24.9. The summed E-state index contributed by atoms with van der Waals surface area (Å²) in [5, 5.41) is 34.7. The minimum Gasteiger partial charge on any atom is -0.480 e. The van der Waals surface area contributed by atoms with Gasteiger partial charge in [-0.1, -0.05) is 0 Å². The molecule has 0 heterocycles. The molecule has 0 saturated carbocycles. The van der Waals surface area contributed by atoms with Crippen molar-refractivity contribution in [3.63, 3.8) is 0 Å². The van der Waals surface area contributed by atoms with Gasteiger partial charge in [0.15, 0.2) is 0 Å². The lowest BCUT2D eigenvalue weighted by atomic mass is 10.3. The minimum absolute atomic E-state index is 0.306. The van der Waals surface area contributed by atoms with Crippen LogP contribution < -0.4 is 17.2 Å². The summed E-state index contributed by atoms with van der Waals surface area (Å²) in [7, 11) is 0. The third-order valence-electron chi connectivity index (χ3n) is 2.48. The SMILES string of the molecule is NC(CN(CC(=O)O)CC(=O)O)N(CC(=O)O)CC(=O)O.NCCN. The van der Waals surface area contributed by atoms with E-state index in [0.717, 1.165) is 9.80 Å². The lowest BCUT2D eigenvalue weighted by molar-refractivity contribution is -0.146. The van der Waals surface area contributed by atoms with E-state index >= 15 is 0 Å². The molecule has 0 rings (SSSR count). The van der Waals surface area contributed by atoms with Crippen LogP contribution in [0, 0.1) is 0 Å². The maximum Gasteiger partial charge on any atom is 0.317 e. The molecule has 0 saturated heterocycles. The summed E-state index contributed by atoms with van der Waals surface area (Å²) in [5.74, 6) is -5.19. The van der Waals surface area contributed by atoms with Crippen LogP contribution in [0.2, 0.25) is 0 Å². The summed E-state index contributed by atoms with van der Waals surface area (Å²) in [5.41, 5.74) is 15.4. The molecule has 1 atom stereocenters. The Hall–Kier alpha value is -2.32. The fourth-order valence-corrected chi connectivity index (χ4v) is 1.59. The van der Waals surface area contributed by atoms with Crippen molar-refractivity contribution in [3.05, 3.63) is 0 Å². The van der Waals surface area contributed by atoms with Crippen LogP contribution >= 0.6 is 0 Å². The molecule has 1 unspecified atom stereocenters. The fourth-order valence-electron chi connectivity index (χ4n) is 1.59. The van der Waals surface area contributed by atoms with Crippen molar-refractivity contribution in [2.45, 2.75) is 6.17 Å². The summed E-state index contributed by atoms with van der Waals surface area (Å²) in [6.45, 7) is -1.68. The number of hydrogen-bond donors (Lipinski definition) is 7. The Morgan fingerprint density at radius 3 is 1.28 bits per heavy atom. The van der Waals surface area contributed by atoms with E-state index < -0.39 is 56.2 Å². The second-order valence-electron chi connectivity index (χ2n) is 4.79. The standard InChI is InChI=1S/C10H17N3O8.C2H8N2/c11-6(13(4-9(18)19)5-10(20)21)1-12(2-7(14)15)3-8(16)17;3-1-2-4/h6H,1-5,11H2,(H,14,15)(H,16,17)(H,18,19)(H,20,21);1-4H2. The fraction of sp³-hybridized carbons (Fsp3) is 0.667. The Kier molecular flexibility index (Phi) is 14.0. The third-order valence-corrected chi connectivity index (χ3v) is 2.48. The molecule has 0 aliphatic carbocycles. The van der Waals surface area contributed by atoms with Crippen LogP contribution in [0.15, 0.2) is 0 Å². The molecule has 25 heavy (non-hydrogen) atoms. The van der Waals surface area contributed by atoms with E-state index in [1.807, 2.05) is 0 Å². The Bertz CT molecular complexity index is 413. The number of aliphatic carboxylic acids is 4. The number of carboxylic acids is 4. The second-order valence-corrected chi connectivity index (χ2v) is 4.79. The monoisotopic (exact) mass is 367 g/mol. The largest absolute Gasteiger partial charge is 0.480 e. The van der Waals surface area contributed by atoms with Gasteiger partial charge in [0, 0.05) is 19.6 Å². The van der Waals surface area contributed by atoms with Gasteiger partial charge >= 0.3 is 23.9 Å². The molecule has 146 valence electrons. The third kappa shape index (κ3) is 16.3. The highest BCUT2D eigenvalue weighted by atomic mass is 16.4. The van der Waals surface area contributed by atoms with E-state index in [0.29, 0.717) is 13.1 Å². The Labute approximate surface area is 143 Å². The van der Waals surface area contributed by atoms with Gasteiger partial charge in [-0.2, -0.15) is 0 Å². The summed E-state index contributed by atoms with van der Waals surface area (Å²) in [6, 6.07) is 0. The normalized spacial score (nSPS) is 11.6. The predicted octanol–water partition coefficient (Wildman–Crippen LogP) is -3.88. The average Bonchev–Trinajstić information content (AvgIpc) is 2.44. The molecule has 10 N–H and O–H groups in total. The Morgan fingerprint density at radius 1 is 0.720 bits per heavy atom. The first-order chi connectivity index (χ1) is 11.5. The Morgan fingerprint density at radius 2 is 1.04 bits per heavy atom. The molecule has 0 spiro atoms. The van der Waals surface area contributed by atoms with Gasteiger partial charge in [0.2, 0.25) is 0 Å². The molecule has 0 aromatic heterocycles. The molecule has 0 aromatic carbocycles. The number of nitrogens with two attached hydrogens (primary N) is 3. The van der Waals surface area contributed by atoms with Crippen LogP contribution in [0.25, 0.3) is 0 Å². The van der Waals surface area contributed by atoms with Gasteiger partial charge in [0.1, 0.15) is 0 Å². The van der Waals surface area contributed by atoms with Crippen LogP contribution in [0.5, 0.6) is 0 Å². The quantitative estimate of drug-likeness (QED) is 0.164. The van der Waals surface area contributed by atoms with Gasteiger partial charge in [-0.3, -0.25) is 29.0 Å². The van der Waals surface area contributed by atoms with Crippen molar-refractivity contribution >= 4 is 23.9 Å². The van der Waals surface area contributed by atoms with Crippen LogP contribution in [0.4, 0.5) is 0 Å². The van der Waals surface area contributed by atoms with Crippen molar-refractivity contribution < 1.29 is 39.6 Å². The van der Waals surface area contributed by atoms with Gasteiger partial charge in [0.25, 0.3) is 0 Å². The van der Waals surface area contributed by atoms with Crippen LogP contribution in [-0.2, 0) is 19.2 Å². The zero-order valence-corrected chi connectivity index (χ0v) is 13.6. The highest BCUT2D eigenvalue weighted by molar-refractivity contribution is 5.73. The first-order valence-corrected chi connectivity index (χ1v) is 7.02. The predicted molar refractivity (Wildman–Crippen MR) is 84.6 cm³/mol. The number of rotatable bonds is 12. The van der Waals surface area contributed by atoms with E-state index in [1.54, 1.807) is 0 Å². The highest BCUT2D eigenvalue weighted by Crippen LogP contribution is 1.99. The van der Waals surface area contributed by atoms with Crippen molar-refractivity contribution in [3.8, 4) is 0 Å². The molecular formula is C12H25N5O8. The van der Waals surface area contributed by atoms with E-state index in [-0.39, 0.29) is 6.54 Å². The summed E-state index contributed by atoms with van der Waals surface area (Å²) in [6.07, 6.45) is -1.14. The molecule has 0 amide bonds. The summed E-state index contributed by atoms with van der Waals surface area (Å²) < 4.78 is 0. The van der Waals surface area contributed by atoms with Gasteiger partial charge in [0.05, 0.1) is 32.3 Å². The molecule has 0 aliphatic heterocycles. The molecule has 0 aliphatic rings. The topological polar surface area (TPSA) is 234 Å². The number of carbonyl (C=O) groups is 4. The number of carboxylic acid groups (broad SMARTS) is 4. The zero-order valence-electron chi connectivity index (χ0n) is 13.6. The van der Waals surface area contributed by atoms with Crippen molar-refractivity contribution in [2.24, 2.45) is 17.2 Å². The summed E-state index contributed by atoms with van der Waals surface area (Å²) >= 11 is 0. The average molecular weight is 367 g/mol. The number of nitrogens with zero attached hydrogens (tertiary/aromatic N) is 2. The molecule has 0 bridgehead atoms. The van der Waals surface area contributed by atoms with Gasteiger partial charge in [-0.25, -0.2) is 0 Å². The van der Waals surface area contributed by atoms with Crippen LogP contribution in [-0.4, -0.2) is 106 Å². The maximum atomic E-state index is 10.6. The molecule has 0 radical (unpaired) electrons. The minimum atomic E-state index is -1.31. The van der Waals surface area contributed by atoms with E-state index in [2.05, 4.69) is 0 Å². The smallest absolute Gasteiger partial charge is 0.317 e.